The molecular weight excluding hydrogens is 362 g/mol. The molecule has 4 heteroatoms. The summed E-state index contributed by atoms with van der Waals surface area (Å²) in [6.45, 7) is 0. The Labute approximate surface area is 169 Å². The van der Waals surface area contributed by atoms with Gasteiger partial charge in [-0.3, -0.25) is 9.69 Å². The molecule has 0 saturated carbocycles. The molecule has 0 fully saturated rings. The average molecular weight is 381 g/mol. The van der Waals surface area contributed by atoms with Crippen molar-refractivity contribution in [2.45, 2.75) is 0 Å². The number of carbonyl (C=O) groups excluding carboxylic acids is 1. The van der Waals surface area contributed by atoms with Crippen LogP contribution in [0.1, 0.15) is 10.4 Å². The van der Waals surface area contributed by atoms with Crippen molar-refractivity contribution in [1.82, 2.24) is 0 Å². The topological polar surface area (TPSA) is 49.8 Å². The molecule has 4 rings (SSSR count). The molecule has 4 aromatic carbocycles. The zero-order valence-electron chi connectivity index (χ0n) is 15.6. The van der Waals surface area contributed by atoms with Crippen LogP contribution >= 0.6 is 0 Å². The number of hydrogen-bond acceptors (Lipinski definition) is 3. The molecule has 1 amide bonds. The van der Waals surface area contributed by atoms with Crippen LogP contribution in [0.4, 0.5) is 11.4 Å². The van der Waals surface area contributed by atoms with Crippen LogP contribution in [0, 0.1) is 0 Å². The minimum absolute atomic E-state index is 0.0533. The Morgan fingerprint density at radius 1 is 0.621 bits per heavy atom. The largest absolute Gasteiger partial charge is 0.507 e. The summed E-state index contributed by atoms with van der Waals surface area (Å²) in [7, 11) is 0. The highest BCUT2D eigenvalue weighted by atomic mass is 16.5. The van der Waals surface area contributed by atoms with Gasteiger partial charge in [0.05, 0.1) is 5.56 Å². The third kappa shape index (κ3) is 4.12. The van der Waals surface area contributed by atoms with Gasteiger partial charge in [-0.05, 0) is 60.7 Å². The summed E-state index contributed by atoms with van der Waals surface area (Å²) in [5, 5.41) is 10.2. The number of anilines is 2. The predicted molar refractivity (Wildman–Crippen MR) is 114 cm³/mol. The number of phenols is 1. The molecule has 0 aliphatic rings. The lowest BCUT2D eigenvalue weighted by atomic mass is 10.1. The quantitative estimate of drug-likeness (QED) is 0.450. The second-order valence-corrected chi connectivity index (χ2v) is 6.40. The molecule has 29 heavy (non-hydrogen) atoms. The van der Waals surface area contributed by atoms with Gasteiger partial charge in [-0.15, -0.1) is 0 Å². The summed E-state index contributed by atoms with van der Waals surface area (Å²) in [5.41, 5.74) is 1.61. The number of nitrogens with zero attached hydrogens (tertiary/aromatic N) is 1. The average Bonchev–Trinajstić information content (AvgIpc) is 2.77. The first-order valence-corrected chi connectivity index (χ1v) is 9.23. The van der Waals surface area contributed by atoms with E-state index in [1.54, 1.807) is 23.1 Å². The van der Waals surface area contributed by atoms with E-state index in [2.05, 4.69) is 0 Å². The highest BCUT2D eigenvalue weighted by Crippen LogP contribution is 2.32. The molecule has 0 aliphatic heterocycles. The molecule has 0 atom stereocenters. The molecule has 0 heterocycles. The smallest absolute Gasteiger partial charge is 0.266 e. The lowest BCUT2D eigenvalue weighted by Crippen LogP contribution is -2.25. The van der Waals surface area contributed by atoms with Crippen LogP contribution < -0.4 is 9.64 Å². The maximum absolute atomic E-state index is 13.3. The fraction of sp³-hybridized carbons (Fsp3) is 0. The second-order valence-electron chi connectivity index (χ2n) is 6.40. The number of para-hydroxylation sites is 3. The van der Waals surface area contributed by atoms with E-state index >= 15 is 0 Å². The Bertz CT molecular complexity index is 1090. The number of amides is 1. The number of rotatable bonds is 5. The van der Waals surface area contributed by atoms with E-state index < -0.39 is 0 Å². The maximum atomic E-state index is 13.3. The van der Waals surface area contributed by atoms with Crippen molar-refractivity contribution in [2.24, 2.45) is 0 Å². The molecule has 0 aliphatic carbocycles. The molecule has 4 nitrogen and oxygen atoms in total. The summed E-state index contributed by atoms with van der Waals surface area (Å²) in [4.78, 5) is 14.8. The molecule has 4 aromatic rings. The maximum Gasteiger partial charge on any atom is 0.266 e. The van der Waals surface area contributed by atoms with Crippen LogP contribution in [0.2, 0.25) is 0 Å². The Balaban J connectivity index is 1.68. The number of hydrogen-bond donors (Lipinski definition) is 1. The van der Waals surface area contributed by atoms with E-state index in [-0.39, 0.29) is 17.2 Å². The van der Waals surface area contributed by atoms with Gasteiger partial charge < -0.3 is 9.84 Å². The zero-order chi connectivity index (χ0) is 20.1. The fourth-order valence-corrected chi connectivity index (χ4v) is 3.02. The van der Waals surface area contributed by atoms with Gasteiger partial charge in [-0.1, -0.05) is 48.5 Å². The molecule has 0 saturated heterocycles. The minimum atomic E-state index is -0.314. The number of benzene rings is 4. The normalized spacial score (nSPS) is 10.3. The van der Waals surface area contributed by atoms with Gasteiger partial charge in [0.1, 0.15) is 17.2 Å². The number of ether oxygens (including phenoxy) is 1. The molecule has 0 bridgehead atoms. The van der Waals surface area contributed by atoms with Crippen LogP contribution in [-0.4, -0.2) is 11.0 Å². The van der Waals surface area contributed by atoms with Gasteiger partial charge in [-0.25, -0.2) is 0 Å². The van der Waals surface area contributed by atoms with Crippen molar-refractivity contribution in [3.63, 3.8) is 0 Å². The second kappa shape index (κ2) is 8.31. The molecule has 1 N–H and O–H groups in total. The molecular formula is C25H19NO3. The predicted octanol–water partition coefficient (Wildman–Crippen LogP) is 6.16. The lowest BCUT2D eigenvalue weighted by molar-refractivity contribution is 0.0996. The van der Waals surface area contributed by atoms with E-state index in [4.69, 9.17) is 4.74 Å². The Hall–Kier alpha value is -4.05. The van der Waals surface area contributed by atoms with Crippen LogP contribution in [-0.2, 0) is 0 Å². The van der Waals surface area contributed by atoms with Gasteiger partial charge in [-0.2, -0.15) is 0 Å². The van der Waals surface area contributed by atoms with Gasteiger partial charge in [0.2, 0.25) is 0 Å². The first kappa shape index (κ1) is 18.3. The van der Waals surface area contributed by atoms with Crippen molar-refractivity contribution >= 4 is 17.3 Å². The first-order chi connectivity index (χ1) is 14.2. The molecule has 0 unspecified atom stereocenters. The van der Waals surface area contributed by atoms with Crippen LogP contribution in [0.25, 0.3) is 0 Å². The third-order valence-electron chi connectivity index (χ3n) is 4.43. The Kier molecular flexibility index (Phi) is 5.25. The van der Waals surface area contributed by atoms with Gasteiger partial charge >= 0.3 is 0 Å². The highest BCUT2D eigenvalue weighted by Gasteiger charge is 2.22. The summed E-state index contributed by atoms with van der Waals surface area (Å²) in [6, 6.07) is 32.7. The van der Waals surface area contributed by atoms with Gasteiger partial charge in [0, 0.05) is 11.4 Å². The van der Waals surface area contributed by atoms with Crippen LogP contribution in [0.15, 0.2) is 109 Å². The monoisotopic (exact) mass is 381 g/mol. The van der Waals surface area contributed by atoms with E-state index in [0.29, 0.717) is 17.1 Å². The van der Waals surface area contributed by atoms with E-state index in [9.17, 15) is 9.90 Å². The highest BCUT2D eigenvalue weighted by molar-refractivity contribution is 6.12. The first-order valence-electron chi connectivity index (χ1n) is 9.23. The Morgan fingerprint density at radius 2 is 1.14 bits per heavy atom. The van der Waals surface area contributed by atoms with E-state index in [0.717, 1.165) is 5.75 Å². The molecule has 0 spiro atoms. The zero-order valence-corrected chi connectivity index (χ0v) is 15.6. The molecule has 0 aromatic heterocycles. The summed E-state index contributed by atoms with van der Waals surface area (Å²) in [6.07, 6.45) is 0. The van der Waals surface area contributed by atoms with Gasteiger partial charge in [0.15, 0.2) is 0 Å². The Morgan fingerprint density at radius 3 is 1.79 bits per heavy atom. The molecule has 142 valence electrons. The SMILES string of the molecule is O=C(c1ccccc1O)N(c1ccccc1)c1ccc(Oc2ccccc2)cc1. The van der Waals surface area contributed by atoms with E-state index in [1.807, 2.05) is 84.9 Å². The summed E-state index contributed by atoms with van der Waals surface area (Å²) < 4.78 is 5.84. The van der Waals surface area contributed by atoms with E-state index in [1.165, 1.54) is 6.07 Å². The van der Waals surface area contributed by atoms with Crippen molar-refractivity contribution in [3.05, 3.63) is 115 Å². The number of carbonyl (C=O) groups is 1. The van der Waals surface area contributed by atoms with Crippen molar-refractivity contribution in [3.8, 4) is 17.2 Å². The van der Waals surface area contributed by atoms with Crippen molar-refractivity contribution < 1.29 is 14.6 Å². The standard InChI is InChI=1S/C25H19NO3/c27-24-14-8-7-13-23(24)25(28)26(19-9-3-1-4-10-19)20-15-17-22(18-16-20)29-21-11-5-2-6-12-21/h1-18,27H. The molecule has 0 radical (unpaired) electrons. The summed E-state index contributed by atoms with van der Waals surface area (Å²) >= 11 is 0. The number of aromatic hydroxyl groups is 1. The van der Waals surface area contributed by atoms with Crippen LogP contribution in [0.3, 0.4) is 0 Å². The van der Waals surface area contributed by atoms with Crippen molar-refractivity contribution in [1.29, 1.82) is 0 Å². The summed E-state index contributed by atoms with van der Waals surface area (Å²) in [5.74, 6) is 1.04. The van der Waals surface area contributed by atoms with Gasteiger partial charge in [0.25, 0.3) is 5.91 Å². The van der Waals surface area contributed by atoms with Crippen LogP contribution in [0.5, 0.6) is 17.2 Å². The lowest BCUT2D eigenvalue weighted by Gasteiger charge is -2.23. The minimum Gasteiger partial charge on any atom is -0.507 e. The fourth-order valence-electron chi connectivity index (χ4n) is 3.02. The third-order valence-corrected chi connectivity index (χ3v) is 4.43. The van der Waals surface area contributed by atoms with Crippen molar-refractivity contribution in [2.75, 3.05) is 4.90 Å². The number of phenolic OH excluding ortho intramolecular Hbond substituents is 1.